The number of hydrogen-bond acceptors (Lipinski definition) is 5. The molecule has 1 aliphatic heterocycles. The maximum Gasteiger partial charge on any atom is 0.255 e. The molecule has 0 saturated carbocycles. The van der Waals surface area contributed by atoms with Gasteiger partial charge in [-0.2, -0.15) is 0 Å². The van der Waals surface area contributed by atoms with Crippen LogP contribution in [0.4, 0.5) is 5.69 Å². The van der Waals surface area contributed by atoms with Crippen LogP contribution in [0.15, 0.2) is 46.9 Å². The molecule has 1 fully saturated rings. The monoisotopic (exact) mass is 475 g/mol. The first kappa shape index (κ1) is 22.1. The highest BCUT2D eigenvalue weighted by Crippen LogP contribution is 2.33. The van der Waals surface area contributed by atoms with Crippen LogP contribution in [0.3, 0.4) is 0 Å². The summed E-state index contributed by atoms with van der Waals surface area (Å²) in [5.41, 5.74) is 1.22. The van der Waals surface area contributed by atoms with Gasteiger partial charge in [-0.3, -0.25) is 14.5 Å². The standard InChI is InChI=1S/C22H26BrN3O4/c1-29-17-12-18(21(30-2)19(23)13-17)22(28)25-16-8-10-26(11-9-16)14-20(27)24-15-6-4-3-5-7-15/h3-7,12-13,16H,8-11,14H2,1-2H3,(H,24,27)(H,25,28). The first-order chi connectivity index (χ1) is 14.5. The van der Waals surface area contributed by atoms with Gasteiger partial charge in [-0.1, -0.05) is 18.2 Å². The summed E-state index contributed by atoms with van der Waals surface area (Å²) in [5, 5.41) is 5.98. The number of carbonyl (C=O) groups excluding carboxylic acids is 2. The third-order valence-corrected chi connectivity index (χ3v) is 5.64. The predicted octanol–water partition coefficient (Wildman–Crippen LogP) is 3.30. The van der Waals surface area contributed by atoms with E-state index in [1.807, 2.05) is 30.3 Å². The van der Waals surface area contributed by atoms with Gasteiger partial charge in [-0.05, 0) is 53.0 Å². The Morgan fingerprint density at radius 2 is 1.80 bits per heavy atom. The van der Waals surface area contributed by atoms with Gasteiger partial charge < -0.3 is 20.1 Å². The Morgan fingerprint density at radius 1 is 1.10 bits per heavy atom. The molecule has 1 saturated heterocycles. The van der Waals surface area contributed by atoms with Gasteiger partial charge >= 0.3 is 0 Å². The zero-order chi connectivity index (χ0) is 21.5. The number of piperidine rings is 1. The summed E-state index contributed by atoms with van der Waals surface area (Å²) < 4.78 is 11.3. The van der Waals surface area contributed by atoms with Crippen LogP contribution in [-0.4, -0.2) is 56.6 Å². The summed E-state index contributed by atoms with van der Waals surface area (Å²) in [6.45, 7) is 1.82. The highest BCUT2D eigenvalue weighted by Gasteiger charge is 2.24. The first-order valence-electron chi connectivity index (χ1n) is 9.79. The van der Waals surface area contributed by atoms with Crippen molar-refractivity contribution >= 4 is 33.4 Å². The largest absolute Gasteiger partial charge is 0.497 e. The van der Waals surface area contributed by atoms with Gasteiger partial charge in [-0.25, -0.2) is 0 Å². The normalized spacial score (nSPS) is 14.8. The van der Waals surface area contributed by atoms with Crippen LogP contribution in [0, 0.1) is 0 Å². The number of anilines is 1. The fourth-order valence-electron chi connectivity index (χ4n) is 3.49. The van der Waals surface area contributed by atoms with Gasteiger partial charge in [0, 0.05) is 24.8 Å². The topological polar surface area (TPSA) is 79.9 Å². The van der Waals surface area contributed by atoms with E-state index in [1.165, 1.54) is 7.11 Å². The lowest BCUT2D eigenvalue weighted by atomic mass is 10.0. The Bertz CT molecular complexity index is 883. The number of nitrogens with one attached hydrogen (secondary N) is 2. The van der Waals surface area contributed by atoms with Crippen LogP contribution in [-0.2, 0) is 4.79 Å². The molecule has 0 unspecified atom stereocenters. The second-order valence-corrected chi connectivity index (χ2v) is 7.98. The minimum Gasteiger partial charge on any atom is -0.497 e. The number of hydrogen-bond donors (Lipinski definition) is 2. The Morgan fingerprint density at radius 3 is 2.43 bits per heavy atom. The van der Waals surface area contributed by atoms with Gasteiger partial charge in [0.2, 0.25) is 5.91 Å². The van der Waals surface area contributed by atoms with E-state index in [1.54, 1.807) is 19.2 Å². The molecule has 1 aliphatic rings. The van der Waals surface area contributed by atoms with Crippen molar-refractivity contribution in [1.29, 1.82) is 0 Å². The second-order valence-electron chi connectivity index (χ2n) is 7.13. The number of nitrogens with zero attached hydrogens (tertiary/aromatic N) is 1. The third kappa shape index (κ3) is 5.73. The van der Waals surface area contributed by atoms with Crippen molar-refractivity contribution in [2.75, 3.05) is 39.2 Å². The molecule has 30 heavy (non-hydrogen) atoms. The number of benzene rings is 2. The number of methoxy groups -OCH3 is 2. The number of halogens is 1. The van der Waals surface area contributed by atoms with E-state index in [0.717, 1.165) is 31.6 Å². The molecule has 1 heterocycles. The summed E-state index contributed by atoms with van der Waals surface area (Å²) in [6, 6.07) is 12.9. The van der Waals surface area contributed by atoms with E-state index in [2.05, 4.69) is 31.5 Å². The Labute approximate surface area is 184 Å². The van der Waals surface area contributed by atoms with E-state index in [-0.39, 0.29) is 17.9 Å². The van der Waals surface area contributed by atoms with Gasteiger partial charge in [0.15, 0.2) is 0 Å². The smallest absolute Gasteiger partial charge is 0.255 e. The highest BCUT2D eigenvalue weighted by molar-refractivity contribution is 9.10. The van der Waals surface area contributed by atoms with Gasteiger partial charge in [0.25, 0.3) is 5.91 Å². The maximum absolute atomic E-state index is 12.8. The Balaban J connectivity index is 1.52. The van der Waals surface area contributed by atoms with Crippen molar-refractivity contribution < 1.29 is 19.1 Å². The highest BCUT2D eigenvalue weighted by atomic mass is 79.9. The molecule has 7 nitrogen and oxygen atoms in total. The average molecular weight is 476 g/mol. The lowest BCUT2D eigenvalue weighted by molar-refractivity contribution is -0.117. The molecule has 160 valence electrons. The fraction of sp³-hybridized carbons (Fsp3) is 0.364. The SMILES string of the molecule is COc1cc(Br)c(OC)c(C(=O)NC2CCN(CC(=O)Nc3ccccc3)CC2)c1. The molecule has 2 aromatic carbocycles. The quantitative estimate of drug-likeness (QED) is 0.641. The minimum atomic E-state index is -0.202. The van der Waals surface area contributed by atoms with E-state index in [4.69, 9.17) is 9.47 Å². The number of amides is 2. The Hall–Kier alpha value is -2.58. The van der Waals surface area contributed by atoms with Crippen LogP contribution in [0.5, 0.6) is 11.5 Å². The molecular formula is C22H26BrN3O4. The molecule has 2 amide bonds. The zero-order valence-electron chi connectivity index (χ0n) is 17.1. The van der Waals surface area contributed by atoms with Crippen LogP contribution in [0.1, 0.15) is 23.2 Å². The van der Waals surface area contributed by atoms with Crippen LogP contribution in [0.2, 0.25) is 0 Å². The van der Waals surface area contributed by atoms with Crippen molar-refractivity contribution in [3.8, 4) is 11.5 Å². The van der Waals surface area contributed by atoms with Crippen molar-refractivity contribution in [1.82, 2.24) is 10.2 Å². The molecule has 0 atom stereocenters. The van der Waals surface area contributed by atoms with Crippen molar-refractivity contribution in [3.63, 3.8) is 0 Å². The van der Waals surface area contributed by atoms with Crippen molar-refractivity contribution in [3.05, 3.63) is 52.5 Å². The summed E-state index contributed by atoms with van der Waals surface area (Å²) in [4.78, 5) is 27.2. The number of carbonyl (C=O) groups is 2. The summed E-state index contributed by atoms with van der Waals surface area (Å²) >= 11 is 3.42. The lowest BCUT2D eigenvalue weighted by Crippen LogP contribution is -2.46. The van der Waals surface area contributed by atoms with Gasteiger partial charge in [0.1, 0.15) is 11.5 Å². The molecule has 2 N–H and O–H groups in total. The van der Waals surface area contributed by atoms with E-state index in [0.29, 0.717) is 28.1 Å². The molecule has 0 aromatic heterocycles. The average Bonchev–Trinajstić information content (AvgIpc) is 2.75. The minimum absolute atomic E-state index is 0.0327. The molecule has 0 spiro atoms. The number of likely N-dealkylation sites (tertiary alicyclic amines) is 1. The molecule has 0 aliphatic carbocycles. The first-order valence-corrected chi connectivity index (χ1v) is 10.6. The van der Waals surface area contributed by atoms with E-state index >= 15 is 0 Å². The number of rotatable bonds is 7. The van der Waals surface area contributed by atoms with Crippen molar-refractivity contribution in [2.45, 2.75) is 18.9 Å². The van der Waals surface area contributed by atoms with Gasteiger partial charge in [0.05, 0.1) is 30.8 Å². The van der Waals surface area contributed by atoms with E-state index in [9.17, 15) is 9.59 Å². The Kier molecular flexibility index (Phi) is 7.70. The predicted molar refractivity (Wildman–Crippen MR) is 119 cm³/mol. The molecule has 0 radical (unpaired) electrons. The summed E-state index contributed by atoms with van der Waals surface area (Å²) in [5.74, 6) is 0.816. The van der Waals surface area contributed by atoms with Crippen LogP contribution >= 0.6 is 15.9 Å². The molecule has 2 aromatic rings. The summed E-state index contributed by atoms with van der Waals surface area (Å²) in [7, 11) is 3.09. The lowest BCUT2D eigenvalue weighted by Gasteiger charge is -2.32. The molecule has 3 rings (SSSR count). The van der Waals surface area contributed by atoms with E-state index < -0.39 is 0 Å². The molecule has 8 heteroatoms. The van der Waals surface area contributed by atoms with Gasteiger partial charge in [-0.15, -0.1) is 0 Å². The summed E-state index contributed by atoms with van der Waals surface area (Å²) in [6.07, 6.45) is 1.55. The van der Waals surface area contributed by atoms with Crippen LogP contribution in [0.25, 0.3) is 0 Å². The second kappa shape index (κ2) is 10.4. The molecule has 0 bridgehead atoms. The fourth-order valence-corrected chi connectivity index (χ4v) is 4.09. The van der Waals surface area contributed by atoms with Crippen molar-refractivity contribution in [2.24, 2.45) is 0 Å². The maximum atomic E-state index is 12.8. The molecular weight excluding hydrogens is 450 g/mol. The number of para-hydroxylation sites is 1. The third-order valence-electron chi connectivity index (χ3n) is 5.05. The number of ether oxygens (including phenoxy) is 2. The zero-order valence-corrected chi connectivity index (χ0v) is 18.7. The van der Waals surface area contributed by atoms with Crippen LogP contribution < -0.4 is 20.1 Å².